The van der Waals surface area contributed by atoms with E-state index in [4.69, 9.17) is 4.74 Å². The summed E-state index contributed by atoms with van der Waals surface area (Å²) in [6.45, 7) is 1.92. The number of phenols is 1. The van der Waals surface area contributed by atoms with Gasteiger partial charge in [0.2, 0.25) is 0 Å². The Hall–Kier alpha value is -2.29. The molecule has 0 spiro atoms. The Morgan fingerprint density at radius 1 is 1.21 bits per heavy atom. The van der Waals surface area contributed by atoms with E-state index in [0.717, 1.165) is 11.1 Å². The zero-order chi connectivity index (χ0) is 13.4. The topological polar surface area (TPSA) is 46.5 Å². The van der Waals surface area contributed by atoms with Crippen LogP contribution in [0, 0.1) is 6.92 Å². The van der Waals surface area contributed by atoms with Crippen molar-refractivity contribution in [2.24, 2.45) is 0 Å². The molecule has 19 heavy (non-hydrogen) atoms. The van der Waals surface area contributed by atoms with Crippen molar-refractivity contribution in [1.82, 2.24) is 0 Å². The van der Waals surface area contributed by atoms with Crippen molar-refractivity contribution in [3.8, 4) is 11.5 Å². The number of carbonyl (C=O) groups excluding carboxylic acids is 1. The van der Waals surface area contributed by atoms with Gasteiger partial charge in [-0.3, -0.25) is 4.79 Å². The molecule has 1 N–H and O–H groups in total. The third kappa shape index (κ3) is 2.08. The molecule has 1 unspecified atom stereocenters. The Labute approximate surface area is 111 Å². The highest BCUT2D eigenvalue weighted by atomic mass is 16.5. The van der Waals surface area contributed by atoms with E-state index < -0.39 is 6.10 Å². The van der Waals surface area contributed by atoms with Gasteiger partial charge in [0.05, 0.1) is 0 Å². The van der Waals surface area contributed by atoms with Crippen LogP contribution in [-0.2, 0) is 11.2 Å². The third-order valence-electron chi connectivity index (χ3n) is 3.34. The number of hydrogen-bond donors (Lipinski definition) is 1. The minimum atomic E-state index is -0.713. The Bertz CT molecular complexity index is 646. The molecule has 3 heteroatoms. The number of Topliss-reactive ketones (excluding diaryl/α,β-unsaturated/α-hetero) is 1. The average molecular weight is 254 g/mol. The van der Waals surface area contributed by atoms with Crippen LogP contribution < -0.4 is 4.74 Å². The third-order valence-corrected chi connectivity index (χ3v) is 3.34. The highest BCUT2D eigenvalue weighted by molar-refractivity contribution is 5.89. The lowest BCUT2D eigenvalue weighted by Crippen LogP contribution is -2.25. The van der Waals surface area contributed by atoms with E-state index in [0.29, 0.717) is 17.7 Å². The molecule has 0 amide bonds. The average Bonchev–Trinajstić information content (AvgIpc) is 2.41. The summed E-state index contributed by atoms with van der Waals surface area (Å²) < 4.78 is 5.76. The van der Waals surface area contributed by atoms with Crippen LogP contribution in [0.2, 0.25) is 0 Å². The second-order valence-corrected chi connectivity index (χ2v) is 4.81. The van der Waals surface area contributed by atoms with Gasteiger partial charge in [-0.15, -0.1) is 0 Å². The Morgan fingerprint density at radius 3 is 2.84 bits per heavy atom. The Morgan fingerprint density at radius 2 is 2.00 bits per heavy atom. The van der Waals surface area contributed by atoms with E-state index in [1.165, 1.54) is 0 Å². The fraction of sp³-hybridized carbons (Fsp3) is 0.188. The van der Waals surface area contributed by atoms with Crippen molar-refractivity contribution < 1.29 is 14.6 Å². The number of ketones is 1. The summed E-state index contributed by atoms with van der Waals surface area (Å²) in [4.78, 5) is 12.2. The molecule has 1 heterocycles. The Kier molecular flexibility index (Phi) is 2.75. The number of aromatic hydroxyl groups is 1. The number of hydrogen-bond acceptors (Lipinski definition) is 3. The van der Waals surface area contributed by atoms with Crippen molar-refractivity contribution in [2.45, 2.75) is 19.4 Å². The number of carbonyl (C=O) groups is 1. The molecule has 0 saturated carbocycles. The molecular formula is C16H14O3. The smallest absolute Gasteiger partial charge is 0.186 e. The molecule has 0 bridgehead atoms. The van der Waals surface area contributed by atoms with Crippen LogP contribution in [-0.4, -0.2) is 10.9 Å². The molecule has 3 nitrogen and oxygen atoms in total. The normalized spacial score (nSPS) is 17.7. The van der Waals surface area contributed by atoms with Crippen molar-refractivity contribution in [3.05, 3.63) is 59.2 Å². The first-order valence-electron chi connectivity index (χ1n) is 6.22. The number of rotatable bonds is 1. The van der Waals surface area contributed by atoms with Crippen LogP contribution in [0.15, 0.2) is 42.5 Å². The number of benzene rings is 2. The first-order chi connectivity index (χ1) is 9.15. The van der Waals surface area contributed by atoms with Gasteiger partial charge in [-0.25, -0.2) is 0 Å². The molecule has 0 aliphatic carbocycles. The van der Waals surface area contributed by atoms with E-state index in [1.807, 2.05) is 31.2 Å². The van der Waals surface area contributed by atoms with E-state index >= 15 is 0 Å². The number of aryl methyl sites for hydroxylation is 1. The maximum Gasteiger partial charge on any atom is 0.186 e. The fourth-order valence-electron chi connectivity index (χ4n) is 2.36. The molecule has 0 aromatic heterocycles. The quantitative estimate of drug-likeness (QED) is 0.851. The summed E-state index contributed by atoms with van der Waals surface area (Å²) >= 11 is 0. The summed E-state index contributed by atoms with van der Waals surface area (Å²) in [6.07, 6.45) is -0.372. The first-order valence-corrected chi connectivity index (χ1v) is 6.22. The van der Waals surface area contributed by atoms with E-state index in [1.54, 1.807) is 18.2 Å². The van der Waals surface area contributed by atoms with Crippen LogP contribution in [0.5, 0.6) is 11.5 Å². The maximum atomic E-state index is 12.2. The minimum absolute atomic E-state index is 0.0281. The zero-order valence-electron chi connectivity index (χ0n) is 10.6. The highest BCUT2D eigenvalue weighted by Gasteiger charge is 2.30. The van der Waals surface area contributed by atoms with Crippen molar-refractivity contribution >= 4 is 5.78 Å². The monoisotopic (exact) mass is 254 g/mol. The zero-order valence-corrected chi connectivity index (χ0v) is 10.6. The molecule has 2 aromatic rings. The first kappa shape index (κ1) is 11.8. The maximum absolute atomic E-state index is 12.2. The second kappa shape index (κ2) is 4.43. The predicted molar refractivity (Wildman–Crippen MR) is 71.4 cm³/mol. The van der Waals surface area contributed by atoms with Crippen LogP contribution in [0.25, 0.3) is 0 Å². The summed E-state index contributed by atoms with van der Waals surface area (Å²) in [5.74, 6) is 0.788. The highest BCUT2D eigenvalue weighted by Crippen LogP contribution is 2.36. The van der Waals surface area contributed by atoms with E-state index in [9.17, 15) is 9.90 Å². The molecule has 0 radical (unpaired) electrons. The Balaban J connectivity index is 2.03. The number of ether oxygens (including phenoxy) is 1. The number of phenolic OH excluding ortho intramolecular Hbond substituents is 1. The van der Waals surface area contributed by atoms with Crippen LogP contribution in [0.3, 0.4) is 0 Å². The number of fused-ring (bicyclic) bond motifs is 1. The number of para-hydroxylation sites is 1. The van der Waals surface area contributed by atoms with E-state index in [2.05, 4.69) is 0 Å². The molecule has 3 rings (SSSR count). The summed E-state index contributed by atoms with van der Waals surface area (Å²) in [6, 6.07) is 12.7. The van der Waals surface area contributed by atoms with Gasteiger partial charge in [0.1, 0.15) is 11.5 Å². The SMILES string of the molecule is Cc1ccc(O)c(C2Oc3ccccc3CC2=O)c1. The molecule has 1 aliphatic heterocycles. The van der Waals surface area contributed by atoms with Crippen LogP contribution >= 0.6 is 0 Å². The van der Waals surface area contributed by atoms with E-state index in [-0.39, 0.29) is 11.5 Å². The van der Waals surface area contributed by atoms with Gasteiger partial charge < -0.3 is 9.84 Å². The van der Waals surface area contributed by atoms with Crippen molar-refractivity contribution in [1.29, 1.82) is 0 Å². The second-order valence-electron chi connectivity index (χ2n) is 4.81. The van der Waals surface area contributed by atoms with Crippen molar-refractivity contribution in [2.75, 3.05) is 0 Å². The molecule has 2 aromatic carbocycles. The lowest BCUT2D eigenvalue weighted by Gasteiger charge is -2.25. The van der Waals surface area contributed by atoms with Gasteiger partial charge in [0.25, 0.3) is 0 Å². The molecule has 1 aliphatic rings. The van der Waals surface area contributed by atoms with Gasteiger partial charge >= 0.3 is 0 Å². The molecule has 0 fully saturated rings. The summed E-state index contributed by atoms with van der Waals surface area (Å²) in [5.41, 5.74) is 2.43. The standard InChI is InChI=1S/C16H14O3/c1-10-6-7-13(17)12(8-10)16-14(18)9-11-4-2-3-5-15(11)19-16/h2-8,16-17H,9H2,1H3. The van der Waals surface area contributed by atoms with Crippen LogP contribution in [0.1, 0.15) is 22.8 Å². The molecular weight excluding hydrogens is 240 g/mol. The summed E-state index contributed by atoms with van der Waals surface area (Å²) in [5, 5.41) is 9.92. The van der Waals surface area contributed by atoms with Gasteiger partial charge in [-0.2, -0.15) is 0 Å². The van der Waals surface area contributed by atoms with Gasteiger partial charge in [0.15, 0.2) is 11.9 Å². The molecule has 96 valence electrons. The van der Waals surface area contributed by atoms with Crippen LogP contribution in [0.4, 0.5) is 0 Å². The van der Waals surface area contributed by atoms with Gasteiger partial charge in [-0.05, 0) is 25.1 Å². The van der Waals surface area contributed by atoms with Gasteiger partial charge in [0, 0.05) is 17.5 Å². The fourth-order valence-corrected chi connectivity index (χ4v) is 2.36. The van der Waals surface area contributed by atoms with Gasteiger partial charge in [-0.1, -0.05) is 29.8 Å². The minimum Gasteiger partial charge on any atom is -0.508 e. The predicted octanol–water partition coefficient (Wildman–Crippen LogP) is 2.95. The lowest BCUT2D eigenvalue weighted by molar-refractivity contribution is -0.126. The largest absolute Gasteiger partial charge is 0.508 e. The molecule has 0 saturated heterocycles. The molecule has 1 atom stereocenters. The summed E-state index contributed by atoms with van der Waals surface area (Å²) in [7, 11) is 0. The lowest BCUT2D eigenvalue weighted by atomic mass is 9.95. The van der Waals surface area contributed by atoms with Crippen molar-refractivity contribution in [3.63, 3.8) is 0 Å².